The molecule has 8 heteroatoms. The molecule has 3 heterocycles. The van der Waals surface area contributed by atoms with E-state index in [1.54, 1.807) is 0 Å². The van der Waals surface area contributed by atoms with Crippen molar-refractivity contribution in [2.24, 2.45) is 11.8 Å². The standard InChI is InChI=1S/C24H42N4O4/c1-2-3-12-28(23(30)25-9-13-27-10-5-4-6-11-27)22(29)20-16-19-17-24(31-14-15-32-24)8-7-21(19)26-18-20/h19-21,26H,2-18H2,1H3,(H,25,30)/t19-,20-,21-/m1/s1. The molecule has 4 fully saturated rings. The Hall–Kier alpha value is -1.22. The molecule has 1 aliphatic carbocycles. The van der Waals surface area contributed by atoms with Crippen molar-refractivity contribution < 1.29 is 19.1 Å². The molecular weight excluding hydrogens is 408 g/mol. The number of unbranched alkanes of at least 4 members (excludes halogenated alkanes) is 1. The smallest absolute Gasteiger partial charge is 0.324 e. The molecule has 2 N–H and O–H groups in total. The van der Waals surface area contributed by atoms with Crippen LogP contribution in [0.4, 0.5) is 4.79 Å². The topological polar surface area (TPSA) is 83.1 Å². The molecule has 4 rings (SSSR count). The van der Waals surface area contributed by atoms with Gasteiger partial charge in [0.05, 0.1) is 19.1 Å². The second kappa shape index (κ2) is 11.3. The lowest BCUT2D eigenvalue weighted by Gasteiger charge is -2.46. The van der Waals surface area contributed by atoms with Gasteiger partial charge in [0.15, 0.2) is 5.79 Å². The first-order valence-corrected chi connectivity index (χ1v) is 12.9. The highest BCUT2D eigenvalue weighted by molar-refractivity contribution is 5.95. The maximum atomic E-state index is 13.4. The number of ether oxygens (including phenoxy) is 2. The zero-order chi connectivity index (χ0) is 22.4. The number of nitrogens with one attached hydrogen (secondary N) is 2. The van der Waals surface area contributed by atoms with Crippen molar-refractivity contribution in [3.8, 4) is 0 Å². The van der Waals surface area contributed by atoms with Crippen LogP contribution in [0.1, 0.15) is 64.7 Å². The summed E-state index contributed by atoms with van der Waals surface area (Å²) < 4.78 is 11.9. The van der Waals surface area contributed by atoms with Gasteiger partial charge in [0.25, 0.3) is 0 Å². The minimum atomic E-state index is -0.443. The average molecular weight is 451 g/mol. The fraction of sp³-hybridized carbons (Fsp3) is 0.917. The molecule has 0 radical (unpaired) electrons. The van der Waals surface area contributed by atoms with Crippen LogP contribution in [0.2, 0.25) is 0 Å². The number of piperidine rings is 2. The molecule has 3 saturated heterocycles. The summed E-state index contributed by atoms with van der Waals surface area (Å²) in [7, 11) is 0. The molecule has 0 aromatic heterocycles. The van der Waals surface area contributed by atoms with E-state index in [1.165, 1.54) is 24.2 Å². The van der Waals surface area contributed by atoms with E-state index in [9.17, 15) is 9.59 Å². The van der Waals surface area contributed by atoms with Crippen LogP contribution in [0.3, 0.4) is 0 Å². The van der Waals surface area contributed by atoms with Crippen LogP contribution in [0, 0.1) is 11.8 Å². The Morgan fingerprint density at radius 2 is 1.97 bits per heavy atom. The van der Waals surface area contributed by atoms with Gasteiger partial charge in [0.2, 0.25) is 5.91 Å². The SMILES string of the molecule is CCCCN(C(=O)NCCN1CCCCC1)C(=O)[C@H]1CN[C@@H]2CCC3(C[C@H]2C1)OCCO3. The molecule has 3 amide bonds. The Morgan fingerprint density at radius 3 is 2.72 bits per heavy atom. The second-order valence-electron chi connectivity index (χ2n) is 10.0. The Balaban J connectivity index is 1.31. The Kier molecular flexibility index (Phi) is 8.43. The van der Waals surface area contributed by atoms with Gasteiger partial charge in [0, 0.05) is 45.1 Å². The largest absolute Gasteiger partial charge is 0.348 e. The lowest BCUT2D eigenvalue weighted by Crippen LogP contribution is -2.57. The Bertz CT molecular complexity index is 633. The average Bonchev–Trinajstić information content (AvgIpc) is 3.27. The number of fused-ring (bicyclic) bond motifs is 1. The van der Waals surface area contributed by atoms with Crippen molar-refractivity contribution in [3.05, 3.63) is 0 Å². The molecule has 182 valence electrons. The van der Waals surface area contributed by atoms with Crippen molar-refractivity contribution in [2.45, 2.75) is 76.5 Å². The molecule has 0 aromatic carbocycles. The van der Waals surface area contributed by atoms with Gasteiger partial charge in [-0.3, -0.25) is 9.69 Å². The second-order valence-corrected chi connectivity index (χ2v) is 10.0. The summed E-state index contributed by atoms with van der Waals surface area (Å²) in [5.41, 5.74) is 0. The predicted octanol–water partition coefficient (Wildman–Crippen LogP) is 2.33. The maximum Gasteiger partial charge on any atom is 0.324 e. The first-order valence-electron chi connectivity index (χ1n) is 12.9. The zero-order valence-electron chi connectivity index (χ0n) is 19.8. The van der Waals surface area contributed by atoms with Crippen molar-refractivity contribution in [1.29, 1.82) is 0 Å². The number of likely N-dealkylation sites (tertiary alicyclic amines) is 1. The summed E-state index contributed by atoms with van der Waals surface area (Å²) in [6, 6.07) is 0.185. The summed E-state index contributed by atoms with van der Waals surface area (Å²) in [6.45, 7) is 8.24. The van der Waals surface area contributed by atoms with Gasteiger partial charge in [-0.1, -0.05) is 19.8 Å². The minimum Gasteiger partial charge on any atom is -0.348 e. The van der Waals surface area contributed by atoms with Crippen LogP contribution in [0.25, 0.3) is 0 Å². The highest BCUT2D eigenvalue weighted by Crippen LogP contribution is 2.42. The molecule has 0 aromatic rings. The lowest BCUT2D eigenvalue weighted by molar-refractivity contribution is -0.195. The monoisotopic (exact) mass is 450 g/mol. The fourth-order valence-corrected chi connectivity index (χ4v) is 5.91. The third-order valence-corrected chi connectivity index (χ3v) is 7.75. The fourth-order valence-electron chi connectivity index (χ4n) is 5.91. The summed E-state index contributed by atoms with van der Waals surface area (Å²) in [6.07, 6.45) is 9.15. The van der Waals surface area contributed by atoms with E-state index < -0.39 is 5.79 Å². The first kappa shape index (κ1) is 23.9. The summed E-state index contributed by atoms with van der Waals surface area (Å²) in [5.74, 6) is -0.299. The molecule has 0 unspecified atom stereocenters. The van der Waals surface area contributed by atoms with Gasteiger partial charge in [-0.15, -0.1) is 0 Å². The molecule has 1 saturated carbocycles. The number of urea groups is 1. The third-order valence-electron chi connectivity index (χ3n) is 7.75. The molecule has 32 heavy (non-hydrogen) atoms. The van der Waals surface area contributed by atoms with Gasteiger partial charge < -0.3 is 25.0 Å². The number of nitrogens with zero attached hydrogens (tertiary/aromatic N) is 2. The van der Waals surface area contributed by atoms with Crippen LogP contribution < -0.4 is 10.6 Å². The number of amides is 3. The number of carbonyl (C=O) groups excluding carboxylic acids is 2. The molecule has 0 bridgehead atoms. The van der Waals surface area contributed by atoms with Crippen molar-refractivity contribution >= 4 is 11.9 Å². The van der Waals surface area contributed by atoms with E-state index in [1.807, 2.05) is 0 Å². The van der Waals surface area contributed by atoms with E-state index in [4.69, 9.17) is 9.47 Å². The van der Waals surface area contributed by atoms with Gasteiger partial charge in [0.1, 0.15) is 0 Å². The van der Waals surface area contributed by atoms with Crippen LogP contribution in [0.5, 0.6) is 0 Å². The van der Waals surface area contributed by atoms with Crippen LogP contribution >= 0.6 is 0 Å². The zero-order valence-corrected chi connectivity index (χ0v) is 19.8. The quantitative estimate of drug-likeness (QED) is 0.620. The summed E-state index contributed by atoms with van der Waals surface area (Å²) >= 11 is 0. The first-order chi connectivity index (χ1) is 15.6. The normalized spacial score (nSPS) is 30.1. The minimum absolute atomic E-state index is 0.0345. The third kappa shape index (κ3) is 5.82. The van der Waals surface area contributed by atoms with Crippen LogP contribution in [0.15, 0.2) is 0 Å². The Morgan fingerprint density at radius 1 is 1.19 bits per heavy atom. The van der Waals surface area contributed by atoms with E-state index in [0.29, 0.717) is 44.8 Å². The molecule has 1 spiro atoms. The number of hydrogen-bond donors (Lipinski definition) is 2. The maximum absolute atomic E-state index is 13.4. The summed E-state index contributed by atoms with van der Waals surface area (Å²) in [4.78, 5) is 30.3. The molecular formula is C24H42N4O4. The molecule has 3 atom stereocenters. The highest BCUT2D eigenvalue weighted by atomic mass is 16.7. The molecule has 3 aliphatic heterocycles. The number of carbonyl (C=O) groups is 2. The summed E-state index contributed by atoms with van der Waals surface area (Å²) in [5, 5.41) is 6.62. The van der Waals surface area contributed by atoms with Gasteiger partial charge in [-0.05, 0) is 51.1 Å². The van der Waals surface area contributed by atoms with Crippen molar-refractivity contribution in [1.82, 2.24) is 20.4 Å². The van der Waals surface area contributed by atoms with Gasteiger partial charge in [-0.25, -0.2) is 4.79 Å². The Labute approximate surface area is 192 Å². The van der Waals surface area contributed by atoms with E-state index in [2.05, 4.69) is 22.5 Å². The number of rotatable bonds is 7. The van der Waals surface area contributed by atoms with E-state index in [0.717, 1.165) is 58.2 Å². The van der Waals surface area contributed by atoms with Crippen molar-refractivity contribution in [2.75, 3.05) is 52.5 Å². The lowest BCUT2D eigenvalue weighted by atomic mass is 9.73. The number of hydrogen-bond acceptors (Lipinski definition) is 6. The van der Waals surface area contributed by atoms with Gasteiger partial charge in [-0.2, -0.15) is 0 Å². The highest BCUT2D eigenvalue weighted by Gasteiger charge is 2.48. The predicted molar refractivity (Wildman–Crippen MR) is 122 cm³/mol. The molecule has 8 nitrogen and oxygen atoms in total. The van der Waals surface area contributed by atoms with Crippen molar-refractivity contribution in [3.63, 3.8) is 0 Å². The van der Waals surface area contributed by atoms with Crippen LogP contribution in [-0.4, -0.2) is 86.0 Å². The van der Waals surface area contributed by atoms with E-state index in [-0.39, 0.29) is 17.9 Å². The van der Waals surface area contributed by atoms with E-state index >= 15 is 0 Å². The van der Waals surface area contributed by atoms with Gasteiger partial charge >= 0.3 is 6.03 Å². The molecule has 4 aliphatic rings. The number of imide groups is 1. The van der Waals surface area contributed by atoms with Crippen LogP contribution in [-0.2, 0) is 14.3 Å².